The molecule has 0 aliphatic carbocycles. The first-order chi connectivity index (χ1) is 9.66. The van der Waals surface area contributed by atoms with E-state index in [0.717, 1.165) is 0 Å². The maximum Gasteiger partial charge on any atom is 0.278 e. The Morgan fingerprint density at radius 1 is 1.30 bits per heavy atom. The van der Waals surface area contributed by atoms with Crippen molar-refractivity contribution in [3.05, 3.63) is 51.9 Å². The van der Waals surface area contributed by atoms with Crippen molar-refractivity contribution in [2.24, 2.45) is 7.05 Å². The van der Waals surface area contributed by atoms with Crippen LogP contribution in [-0.4, -0.2) is 20.7 Å². The van der Waals surface area contributed by atoms with Gasteiger partial charge in [-0.3, -0.25) is 14.9 Å². The van der Waals surface area contributed by atoms with Crippen molar-refractivity contribution in [2.45, 2.75) is 0 Å². The summed E-state index contributed by atoms with van der Waals surface area (Å²) in [6.07, 6.45) is 1.60. The van der Waals surface area contributed by atoms with Crippen LogP contribution in [0.2, 0.25) is 0 Å². The summed E-state index contributed by atoms with van der Waals surface area (Å²) in [7, 11) is 1.52. The lowest BCUT2D eigenvalue weighted by Gasteiger charge is -2.07. The van der Waals surface area contributed by atoms with Gasteiger partial charge in [0.2, 0.25) is 0 Å². The van der Waals surface area contributed by atoms with E-state index in [1.54, 1.807) is 35.8 Å². The Balaban J connectivity index is 2.14. The van der Waals surface area contributed by atoms with Gasteiger partial charge < -0.3 is 0 Å². The maximum atomic E-state index is 12.3. The quantitative estimate of drug-likeness (QED) is 0.777. The van der Waals surface area contributed by atoms with Crippen LogP contribution in [0.15, 0.2) is 40.6 Å². The lowest BCUT2D eigenvalue weighted by molar-refractivity contribution is 0.102. The molecule has 0 aliphatic heterocycles. The average molecular weight is 286 g/mol. The summed E-state index contributed by atoms with van der Waals surface area (Å²) in [5, 5.41) is 9.98. The van der Waals surface area contributed by atoms with E-state index in [2.05, 4.69) is 15.4 Å². The Morgan fingerprint density at radius 3 is 2.75 bits per heavy atom. The van der Waals surface area contributed by atoms with Crippen LogP contribution in [0.3, 0.4) is 0 Å². The maximum absolute atomic E-state index is 12.3. The number of benzene rings is 1. The molecule has 0 atom stereocenters. The molecular weight excluding hydrogens is 276 g/mol. The van der Waals surface area contributed by atoms with Crippen molar-refractivity contribution >= 4 is 33.1 Å². The fourth-order valence-corrected chi connectivity index (χ4v) is 2.43. The van der Waals surface area contributed by atoms with E-state index in [1.165, 1.54) is 23.1 Å². The molecule has 1 amide bonds. The Hall–Kier alpha value is -2.54. The summed E-state index contributed by atoms with van der Waals surface area (Å²) in [5.41, 5.74) is -0.0238. The van der Waals surface area contributed by atoms with Gasteiger partial charge in [-0.2, -0.15) is 5.10 Å². The molecule has 6 nitrogen and oxygen atoms in total. The van der Waals surface area contributed by atoms with Gasteiger partial charge in [-0.15, -0.1) is 11.3 Å². The van der Waals surface area contributed by atoms with Gasteiger partial charge in [0, 0.05) is 24.0 Å². The number of aromatic nitrogens is 3. The largest absolute Gasteiger partial charge is 0.296 e. The number of nitrogens with zero attached hydrogens (tertiary/aromatic N) is 3. The molecule has 0 unspecified atom stereocenters. The molecule has 7 heteroatoms. The van der Waals surface area contributed by atoms with Gasteiger partial charge in [0.1, 0.15) is 0 Å². The van der Waals surface area contributed by atoms with E-state index in [0.29, 0.717) is 15.9 Å². The van der Waals surface area contributed by atoms with E-state index >= 15 is 0 Å². The van der Waals surface area contributed by atoms with Crippen LogP contribution in [0, 0.1) is 0 Å². The molecule has 0 radical (unpaired) electrons. The summed E-state index contributed by atoms with van der Waals surface area (Å²) in [5.74, 6) is -0.383. The van der Waals surface area contributed by atoms with Gasteiger partial charge in [0.25, 0.3) is 11.5 Å². The number of rotatable bonds is 2. The number of thiazole rings is 1. The molecule has 0 saturated carbocycles. The predicted molar refractivity (Wildman–Crippen MR) is 77.1 cm³/mol. The summed E-state index contributed by atoms with van der Waals surface area (Å²) >= 11 is 1.32. The molecule has 3 aromatic rings. The SMILES string of the molecule is Cn1nc(C(=O)Nc2nccs2)c2ccccc2c1=O. The number of anilines is 1. The number of hydrogen-bond donors (Lipinski definition) is 1. The van der Waals surface area contributed by atoms with E-state index < -0.39 is 0 Å². The Kier molecular flexibility index (Phi) is 3.03. The highest BCUT2D eigenvalue weighted by Gasteiger charge is 2.16. The first kappa shape index (κ1) is 12.5. The molecule has 0 fully saturated rings. The van der Waals surface area contributed by atoms with E-state index in [1.807, 2.05) is 0 Å². The second-order valence-electron chi connectivity index (χ2n) is 4.11. The zero-order chi connectivity index (χ0) is 14.1. The third kappa shape index (κ3) is 2.08. The Bertz CT molecular complexity index is 839. The molecular formula is C13H10N4O2S. The van der Waals surface area contributed by atoms with E-state index in [9.17, 15) is 9.59 Å². The predicted octanol–water partition coefficient (Wildman–Crippen LogP) is 1.64. The van der Waals surface area contributed by atoms with Crippen LogP contribution >= 0.6 is 11.3 Å². The van der Waals surface area contributed by atoms with Gasteiger partial charge in [0.05, 0.1) is 5.39 Å². The minimum absolute atomic E-state index is 0.206. The highest BCUT2D eigenvalue weighted by molar-refractivity contribution is 7.13. The van der Waals surface area contributed by atoms with Crippen molar-refractivity contribution < 1.29 is 4.79 Å². The first-order valence-corrected chi connectivity index (χ1v) is 6.71. The van der Waals surface area contributed by atoms with Crippen molar-refractivity contribution in [3.8, 4) is 0 Å². The fourth-order valence-electron chi connectivity index (χ4n) is 1.91. The number of nitrogens with one attached hydrogen (secondary N) is 1. The van der Waals surface area contributed by atoms with Crippen LogP contribution in [0.1, 0.15) is 10.5 Å². The lowest BCUT2D eigenvalue weighted by Crippen LogP contribution is -2.25. The molecule has 100 valence electrons. The average Bonchev–Trinajstić information content (AvgIpc) is 2.95. The summed E-state index contributed by atoms with van der Waals surface area (Å²) in [4.78, 5) is 28.2. The number of carbonyl (C=O) groups excluding carboxylic acids is 1. The standard InChI is InChI=1S/C13H10N4O2S/c1-17-12(19)9-5-3-2-4-8(9)10(16-17)11(18)15-13-14-6-7-20-13/h2-7H,1H3,(H,14,15,18). The lowest BCUT2D eigenvalue weighted by atomic mass is 10.1. The van der Waals surface area contributed by atoms with Crippen molar-refractivity contribution in [2.75, 3.05) is 5.32 Å². The second kappa shape index (κ2) is 4.86. The topological polar surface area (TPSA) is 76.9 Å². The number of carbonyl (C=O) groups is 1. The number of aryl methyl sites for hydroxylation is 1. The smallest absolute Gasteiger partial charge is 0.278 e. The van der Waals surface area contributed by atoms with Crippen molar-refractivity contribution in [1.29, 1.82) is 0 Å². The Morgan fingerprint density at radius 2 is 2.05 bits per heavy atom. The normalized spacial score (nSPS) is 10.7. The highest BCUT2D eigenvalue weighted by Crippen LogP contribution is 2.16. The van der Waals surface area contributed by atoms with Crippen LogP contribution in [-0.2, 0) is 7.05 Å². The fraction of sp³-hybridized carbons (Fsp3) is 0.0769. The molecule has 2 aromatic heterocycles. The molecule has 2 heterocycles. The van der Waals surface area contributed by atoms with Gasteiger partial charge in [-0.05, 0) is 6.07 Å². The third-order valence-corrected chi connectivity index (χ3v) is 3.51. The van der Waals surface area contributed by atoms with Crippen LogP contribution in [0.5, 0.6) is 0 Å². The van der Waals surface area contributed by atoms with Crippen molar-refractivity contribution in [1.82, 2.24) is 14.8 Å². The zero-order valence-electron chi connectivity index (χ0n) is 10.5. The first-order valence-electron chi connectivity index (χ1n) is 5.83. The van der Waals surface area contributed by atoms with Crippen molar-refractivity contribution in [3.63, 3.8) is 0 Å². The van der Waals surface area contributed by atoms with Crippen LogP contribution in [0.4, 0.5) is 5.13 Å². The molecule has 1 aromatic carbocycles. The summed E-state index contributed by atoms with van der Waals surface area (Å²) < 4.78 is 1.17. The molecule has 0 spiro atoms. The number of amides is 1. The second-order valence-corrected chi connectivity index (χ2v) is 5.01. The van der Waals surface area contributed by atoms with Gasteiger partial charge >= 0.3 is 0 Å². The van der Waals surface area contributed by atoms with Gasteiger partial charge in [0.15, 0.2) is 10.8 Å². The number of fused-ring (bicyclic) bond motifs is 1. The molecule has 1 N–H and O–H groups in total. The zero-order valence-corrected chi connectivity index (χ0v) is 11.3. The third-order valence-electron chi connectivity index (χ3n) is 2.82. The minimum atomic E-state index is -0.383. The summed E-state index contributed by atoms with van der Waals surface area (Å²) in [6, 6.07) is 6.91. The van der Waals surface area contributed by atoms with Crippen LogP contribution in [0.25, 0.3) is 10.8 Å². The molecule has 3 rings (SSSR count). The monoisotopic (exact) mass is 286 g/mol. The van der Waals surface area contributed by atoms with Gasteiger partial charge in [-0.25, -0.2) is 9.67 Å². The van der Waals surface area contributed by atoms with E-state index in [4.69, 9.17) is 0 Å². The van der Waals surface area contributed by atoms with E-state index in [-0.39, 0.29) is 17.2 Å². The minimum Gasteiger partial charge on any atom is -0.296 e. The molecule has 0 bridgehead atoms. The highest BCUT2D eigenvalue weighted by atomic mass is 32.1. The van der Waals surface area contributed by atoms with Crippen LogP contribution < -0.4 is 10.9 Å². The Labute approximate surface area is 117 Å². The molecule has 20 heavy (non-hydrogen) atoms. The number of hydrogen-bond acceptors (Lipinski definition) is 5. The molecule has 0 saturated heterocycles. The van der Waals surface area contributed by atoms with Gasteiger partial charge in [-0.1, -0.05) is 18.2 Å². The molecule has 0 aliphatic rings. The summed E-state index contributed by atoms with van der Waals surface area (Å²) in [6.45, 7) is 0.